The Balaban J connectivity index is 2.41. The Morgan fingerprint density at radius 3 is 1.83 bits per heavy atom. The van der Waals surface area contributed by atoms with Crippen molar-refractivity contribution in [2.24, 2.45) is 11.3 Å². The molecule has 0 heterocycles. The molecule has 0 N–H and O–H groups in total. The summed E-state index contributed by atoms with van der Waals surface area (Å²) in [4.78, 5) is 0. The highest BCUT2D eigenvalue weighted by Gasteiger charge is 2.35. The number of rotatable bonds is 0. The van der Waals surface area contributed by atoms with E-state index < -0.39 is 0 Å². The Hall–Kier alpha value is 0. The highest BCUT2D eigenvalue weighted by atomic mass is 14.5. The van der Waals surface area contributed by atoms with Gasteiger partial charge in [-0.1, -0.05) is 25.7 Å². The van der Waals surface area contributed by atoms with Crippen LogP contribution in [0.25, 0.3) is 0 Å². The zero-order valence-electron chi connectivity index (χ0n) is 4.49. The van der Waals surface area contributed by atoms with Crippen molar-refractivity contribution in [1.29, 1.82) is 0 Å². The maximum absolute atomic E-state index is 3.90. The fraction of sp³-hybridized carbons (Fsp3) is 0.833. The molecule has 0 nitrogen and oxygen atoms in total. The SMILES string of the molecule is [CH2-]C1CC1(C)C. The van der Waals surface area contributed by atoms with Crippen LogP contribution in [-0.4, -0.2) is 0 Å². The van der Waals surface area contributed by atoms with Crippen molar-refractivity contribution >= 4 is 0 Å². The first-order chi connectivity index (χ1) is 2.63. The van der Waals surface area contributed by atoms with Crippen LogP contribution in [0.4, 0.5) is 0 Å². The molecule has 0 heteroatoms. The summed E-state index contributed by atoms with van der Waals surface area (Å²) in [6, 6.07) is 0. The van der Waals surface area contributed by atoms with Crippen LogP contribution in [0.15, 0.2) is 0 Å². The normalized spacial score (nSPS) is 39.5. The van der Waals surface area contributed by atoms with Crippen LogP contribution in [-0.2, 0) is 0 Å². The lowest BCUT2D eigenvalue weighted by Crippen LogP contribution is -1.83. The molecule has 0 aromatic rings. The molecule has 1 aliphatic rings. The molecule has 0 radical (unpaired) electrons. The van der Waals surface area contributed by atoms with Gasteiger partial charge < -0.3 is 6.92 Å². The Morgan fingerprint density at radius 2 is 1.83 bits per heavy atom. The summed E-state index contributed by atoms with van der Waals surface area (Å²) < 4.78 is 0. The van der Waals surface area contributed by atoms with Crippen LogP contribution >= 0.6 is 0 Å². The lowest BCUT2D eigenvalue weighted by Gasteiger charge is -1.97. The maximum atomic E-state index is 3.90. The largest absolute Gasteiger partial charge is 0.340 e. The zero-order valence-corrected chi connectivity index (χ0v) is 4.49. The molecule has 0 bridgehead atoms. The first kappa shape index (κ1) is 4.17. The summed E-state index contributed by atoms with van der Waals surface area (Å²) in [7, 11) is 0. The first-order valence-corrected chi connectivity index (χ1v) is 2.46. The van der Waals surface area contributed by atoms with Crippen molar-refractivity contribution in [1.82, 2.24) is 0 Å². The summed E-state index contributed by atoms with van der Waals surface area (Å²) in [5, 5.41) is 0. The van der Waals surface area contributed by atoms with E-state index in [9.17, 15) is 0 Å². The molecule has 0 amide bonds. The minimum Gasteiger partial charge on any atom is -0.340 e. The maximum Gasteiger partial charge on any atom is -0.0621 e. The van der Waals surface area contributed by atoms with Crippen LogP contribution in [0, 0.1) is 18.3 Å². The molecule has 1 rings (SSSR count). The van der Waals surface area contributed by atoms with Gasteiger partial charge in [0.25, 0.3) is 0 Å². The average Bonchev–Trinajstić information content (AvgIpc) is 1.73. The summed E-state index contributed by atoms with van der Waals surface area (Å²) in [6.07, 6.45) is 1.33. The Labute approximate surface area is 39.6 Å². The molecule has 1 atom stereocenters. The fourth-order valence-electron chi connectivity index (χ4n) is 0.576. The molecule has 0 aromatic carbocycles. The van der Waals surface area contributed by atoms with Gasteiger partial charge in [-0.05, 0) is 0 Å². The quantitative estimate of drug-likeness (QED) is 0.392. The van der Waals surface area contributed by atoms with Crippen molar-refractivity contribution in [3.8, 4) is 0 Å². The van der Waals surface area contributed by atoms with Gasteiger partial charge >= 0.3 is 0 Å². The van der Waals surface area contributed by atoms with E-state index in [0.717, 1.165) is 5.92 Å². The first-order valence-electron chi connectivity index (χ1n) is 2.46. The van der Waals surface area contributed by atoms with E-state index in [1.54, 1.807) is 0 Å². The standard InChI is InChI=1S/C6H11/c1-5-4-6(5,2)3/h5H,1,4H2,2-3H3/q-1. The van der Waals surface area contributed by atoms with E-state index in [2.05, 4.69) is 20.8 Å². The van der Waals surface area contributed by atoms with Gasteiger partial charge in [0.2, 0.25) is 0 Å². The van der Waals surface area contributed by atoms with Gasteiger partial charge in [0, 0.05) is 0 Å². The average molecular weight is 83.2 g/mol. The van der Waals surface area contributed by atoms with E-state index in [4.69, 9.17) is 0 Å². The molecule has 36 valence electrons. The summed E-state index contributed by atoms with van der Waals surface area (Å²) in [5.74, 6) is 0.748. The van der Waals surface area contributed by atoms with E-state index >= 15 is 0 Å². The Kier molecular flexibility index (Phi) is 0.556. The van der Waals surface area contributed by atoms with E-state index in [1.165, 1.54) is 6.42 Å². The molecule has 1 saturated carbocycles. The molecule has 1 unspecified atom stereocenters. The third kappa shape index (κ3) is 0.444. The smallest absolute Gasteiger partial charge is 0.0621 e. The van der Waals surface area contributed by atoms with Gasteiger partial charge in [-0.25, -0.2) is 0 Å². The van der Waals surface area contributed by atoms with Crippen LogP contribution in [0.1, 0.15) is 20.3 Å². The summed E-state index contributed by atoms with van der Waals surface area (Å²) in [6.45, 7) is 8.41. The zero-order chi connectivity index (χ0) is 4.78. The molecule has 6 heavy (non-hydrogen) atoms. The van der Waals surface area contributed by atoms with Crippen molar-refractivity contribution in [2.75, 3.05) is 0 Å². The van der Waals surface area contributed by atoms with Crippen molar-refractivity contribution in [3.05, 3.63) is 6.92 Å². The summed E-state index contributed by atoms with van der Waals surface area (Å²) in [5.41, 5.74) is 0.597. The van der Waals surface area contributed by atoms with Crippen LogP contribution in [0.3, 0.4) is 0 Å². The minimum atomic E-state index is 0.597. The van der Waals surface area contributed by atoms with Crippen LogP contribution in [0.2, 0.25) is 0 Å². The van der Waals surface area contributed by atoms with Gasteiger partial charge in [-0.3, -0.25) is 0 Å². The second-order valence-corrected chi connectivity index (χ2v) is 2.89. The highest BCUT2D eigenvalue weighted by molar-refractivity contribution is 4.96. The fourth-order valence-corrected chi connectivity index (χ4v) is 0.576. The predicted molar refractivity (Wildman–Crippen MR) is 27.2 cm³/mol. The Bertz CT molecular complexity index is 62.4. The Morgan fingerprint density at radius 1 is 1.67 bits per heavy atom. The molecule has 0 aliphatic heterocycles. The molecule has 0 saturated heterocycles. The molecule has 1 aliphatic carbocycles. The minimum absolute atomic E-state index is 0.597. The van der Waals surface area contributed by atoms with E-state index in [-0.39, 0.29) is 0 Å². The highest BCUT2D eigenvalue weighted by Crippen LogP contribution is 2.50. The van der Waals surface area contributed by atoms with Crippen molar-refractivity contribution < 1.29 is 0 Å². The lowest BCUT2D eigenvalue weighted by atomic mass is 10.1. The third-order valence-corrected chi connectivity index (χ3v) is 1.72. The van der Waals surface area contributed by atoms with Gasteiger partial charge in [0.1, 0.15) is 0 Å². The monoisotopic (exact) mass is 83.1 g/mol. The summed E-state index contributed by atoms with van der Waals surface area (Å²) >= 11 is 0. The van der Waals surface area contributed by atoms with Gasteiger partial charge in [-0.2, -0.15) is 5.92 Å². The number of hydrogen-bond donors (Lipinski definition) is 0. The number of hydrogen-bond acceptors (Lipinski definition) is 0. The molecule has 0 aromatic heterocycles. The van der Waals surface area contributed by atoms with Gasteiger partial charge in [0.15, 0.2) is 0 Å². The van der Waals surface area contributed by atoms with Gasteiger partial charge in [0.05, 0.1) is 0 Å². The van der Waals surface area contributed by atoms with Crippen LogP contribution < -0.4 is 0 Å². The molecule has 1 fully saturated rings. The van der Waals surface area contributed by atoms with Crippen molar-refractivity contribution in [3.63, 3.8) is 0 Å². The lowest BCUT2D eigenvalue weighted by molar-refractivity contribution is 0.608. The molecular weight excluding hydrogens is 72.1 g/mol. The van der Waals surface area contributed by atoms with E-state index in [1.807, 2.05) is 0 Å². The van der Waals surface area contributed by atoms with Gasteiger partial charge in [-0.15, -0.1) is 0 Å². The second kappa shape index (κ2) is 0.800. The van der Waals surface area contributed by atoms with E-state index in [0.29, 0.717) is 5.41 Å². The molecule has 0 spiro atoms. The van der Waals surface area contributed by atoms with Crippen LogP contribution in [0.5, 0.6) is 0 Å². The topological polar surface area (TPSA) is 0 Å². The third-order valence-electron chi connectivity index (χ3n) is 1.72. The second-order valence-electron chi connectivity index (χ2n) is 2.89. The predicted octanol–water partition coefficient (Wildman–Crippen LogP) is 1.87. The van der Waals surface area contributed by atoms with Crippen molar-refractivity contribution in [2.45, 2.75) is 20.3 Å². The molecular formula is C6H11-.